The summed E-state index contributed by atoms with van der Waals surface area (Å²) in [7, 11) is 0. The molecule has 0 heterocycles. The molecule has 0 bridgehead atoms. The molecule has 62 valence electrons. The van der Waals surface area contributed by atoms with E-state index in [9.17, 15) is 4.79 Å². The van der Waals surface area contributed by atoms with Crippen molar-refractivity contribution in [2.75, 3.05) is 6.54 Å². The van der Waals surface area contributed by atoms with Crippen LogP contribution in [0.4, 0.5) is 0 Å². The van der Waals surface area contributed by atoms with Crippen molar-refractivity contribution in [1.82, 2.24) is 5.32 Å². The molecule has 1 atom stereocenters. The minimum absolute atomic E-state index is 0.105. The van der Waals surface area contributed by atoms with E-state index < -0.39 is 11.9 Å². The Kier molecular flexibility index (Phi) is 3.72. The molecule has 0 aromatic heterocycles. The average Bonchev–Trinajstić information content (AvgIpc) is 1.87. The van der Waals surface area contributed by atoms with Crippen LogP contribution in [-0.4, -0.2) is 23.6 Å². The molecule has 5 heteroatoms. The molecule has 0 aromatic carbocycles. The highest BCUT2D eigenvalue weighted by atomic mass is 16.4. The fraction of sp³-hybridized carbons (Fsp3) is 0.333. The molecule has 0 radical (unpaired) electrons. The first-order valence-corrected chi connectivity index (χ1v) is 3.01. The molecule has 0 aromatic rings. The van der Waals surface area contributed by atoms with Crippen LogP contribution in [-0.2, 0) is 4.79 Å². The highest BCUT2D eigenvalue weighted by Crippen LogP contribution is 1.94. The van der Waals surface area contributed by atoms with Crippen LogP contribution in [0.3, 0.4) is 0 Å². The standard InChI is InChI=1S/C6H11N3O2/c1-2-4(5(10)11)3-9-6(7)8/h2,4H,1,3H2,(H,10,11)(H4,7,8,9). The molecule has 0 rings (SSSR count). The van der Waals surface area contributed by atoms with E-state index in [1.165, 1.54) is 6.08 Å². The second kappa shape index (κ2) is 4.32. The minimum atomic E-state index is -0.978. The third-order valence-electron chi connectivity index (χ3n) is 1.11. The van der Waals surface area contributed by atoms with Gasteiger partial charge in [0.25, 0.3) is 0 Å². The van der Waals surface area contributed by atoms with E-state index in [2.05, 4.69) is 11.9 Å². The van der Waals surface area contributed by atoms with Crippen molar-refractivity contribution in [1.29, 1.82) is 5.41 Å². The first-order chi connectivity index (χ1) is 5.07. The molecule has 5 nitrogen and oxygen atoms in total. The third kappa shape index (κ3) is 3.96. The topological polar surface area (TPSA) is 99.2 Å². The summed E-state index contributed by atoms with van der Waals surface area (Å²) in [5, 5.41) is 17.6. The Morgan fingerprint density at radius 3 is 2.73 bits per heavy atom. The van der Waals surface area contributed by atoms with Crippen LogP contribution in [0, 0.1) is 11.3 Å². The lowest BCUT2D eigenvalue weighted by Crippen LogP contribution is -2.36. The highest BCUT2D eigenvalue weighted by Gasteiger charge is 2.11. The van der Waals surface area contributed by atoms with Gasteiger partial charge in [-0.05, 0) is 0 Å². The predicted octanol–water partition coefficient (Wildman–Crippen LogP) is -0.644. The SMILES string of the molecule is C=CC(CNC(=N)N)C(=O)O. The van der Waals surface area contributed by atoms with E-state index in [1.54, 1.807) is 0 Å². The number of nitrogens with two attached hydrogens (primary N) is 1. The second-order valence-electron chi connectivity index (χ2n) is 1.98. The molecule has 0 aliphatic heterocycles. The maximum atomic E-state index is 10.3. The quantitative estimate of drug-likeness (QED) is 0.248. The van der Waals surface area contributed by atoms with Crippen LogP contribution in [0.2, 0.25) is 0 Å². The summed E-state index contributed by atoms with van der Waals surface area (Å²) in [4.78, 5) is 10.3. The molecule has 11 heavy (non-hydrogen) atoms. The van der Waals surface area contributed by atoms with Crippen LogP contribution in [0.15, 0.2) is 12.7 Å². The molecule has 1 unspecified atom stereocenters. The summed E-state index contributed by atoms with van der Waals surface area (Å²) in [6.45, 7) is 3.43. The molecule has 5 N–H and O–H groups in total. The molecule has 0 amide bonds. The fourth-order valence-electron chi connectivity index (χ4n) is 0.491. The van der Waals surface area contributed by atoms with E-state index in [4.69, 9.17) is 16.2 Å². The van der Waals surface area contributed by atoms with Crippen LogP contribution in [0.1, 0.15) is 0 Å². The van der Waals surface area contributed by atoms with E-state index in [0.29, 0.717) is 0 Å². The Balaban J connectivity index is 3.79. The zero-order chi connectivity index (χ0) is 8.85. The van der Waals surface area contributed by atoms with Gasteiger partial charge in [0.05, 0.1) is 5.92 Å². The van der Waals surface area contributed by atoms with Crippen molar-refractivity contribution in [3.05, 3.63) is 12.7 Å². The van der Waals surface area contributed by atoms with Crippen molar-refractivity contribution < 1.29 is 9.90 Å². The zero-order valence-electron chi connectivity index (χ0n) is 6.00. The first kappa shape index (κ1) is 9.48. The first-order valence-electron chi connectivity index (χ1n) is 3.01. The average molecular weight is 157 g/mol. The number of hydrogen-bond donors (Lipinski definition) is 4. The summed E-state index contributed by atoms with van der Waals surface area (Å²) in [5.41, 5.74) is 4.94. The molecule has 0 saturated carbocycles. The Hall–Kier alpha value is -1.52. The van der Waals surface area contributed by atoms with Crippen molar-refractivity contribution in [3.8, 4) is 0 Å². The lowest BCUT2D eigenvalue weighted by atomic mass is 10.1. The number of rotatable bonds is 4. The summed E-state index contributed by atoms with van der Waals surface area (Å²) < 4.78 is 0. The molecule has 0 spiro atoms. The molecule has 0 saturated heterocycles. The van der Waals surface area contributed by atoms with Crippen LogP contribution in [0.25, 0.3) is 0 Å². The number of guanidine groups is 1. The van der Waals surface area contributed by atoms with Crippen LogP contribution >= 0.6 is 0 Å². The largest absolute Gasteiger partial charge is 0.481 e. The third-order valence-corrected chi connectivity index (χ3v) is 1.11. The number of hydrogen-bond acceptors (Lipinski definition) is 2. The van der Waals surface area contributed by atoms with E-state index >= 15 is 0 Å². The number of nitrogens with one attached hydrogen (secondary N) is 2. The normalized spacial score (nSPS) is 11.6. The van der Waals surface area contributed by atoms with Gasteiger partial charge in [0.1, 0.15) is 0 Å². The molecule has 0 aliphatic rings. The van der Waals surface area contributed by atoms with Gasteiger partial charge in [0.15, 0.2) is 5.96 Å². The van der Waals surface area contributed by atoms with Crippen molar-refractivity contribution in [2.45, 2.75) is 0 Å². The number of carboxylic acid groups (broad SMARTS) is 1. The van der Waals surface area contributed by atoms with Gasteiger partial charge in [0.2, 0.25) is 0 Å². The summed E-state index contributed by atoms with van der Waals surface area (Å²) >= 11 is 0. The summed E-state index contributed by atoms with van der Waals surface area (Å²) in [6, 6.07) is 0. The molecule has 0 fully saturated rings. The van der Waals surface area contributed by atoms with Gasteiger partial charge < -0.3 is 16.2 Å². The Bertz CT molecular complexity index is 179. The van der Waals surface area contributed by atoms with Gasteiger partial charge in [-0.3, -0.25) is 10.2 Å². The number of aliphatic carboxylic acids is 1. The van der Waals surface area contributed by atoms with E-state index in [1.807, 2.05) is 0 Å². The monoisotopic (exact) mass is 157 g/mol. The fourth-order valence-corrected chi connectivity index (χ4v) is 0.491. The van der Waals surface area contributed by atoms with Crippen molar-refractivity contribution >= 4 is 11.9 Å². The van der Waals surface area contributed by atoms with Gasteiger partial charge in [-0.1, -0.05) is 6.08 Å². The second-order valence-corrected chi connectivity index (χ2v) is 1.98. The van der Waals surface area contributed by atoms with Crippen molar-refractivity contribution in [3.63, 3.8) is 0 Å². The smallest absolute Gasteiger partial charge is 0.312 e. The lowest BCUT2D eigenvalue weighted by molar-refractivity contribution is -0.139. The van der Waals surface area contributed by atoms with Crippen LogP contribution < -0.4 is 11.1 Å². The Morgan fingerprint density at radius 1 is 1.91 bits per heavy atom. The van der Waals surface area contributed by atoms with Gasteiger partial charge in [-0.2, -0.15) is 0 Å². The summed E-state index contributed by atoms with van der Waals surface area (Å²) in [6.07, 6.45) is 1.29. The Morgan fingerprint density at radius 2 is 2.45 bits per heavy atom. The Labute approximate surface area is 64.4 Å². The van der Waals surface area contributed by atoms with Gasteiger partial charge >= 0.3 is 5.97 Å². The highest BCUT2D eigenvalue weighted by molar-refractivity contribution is 5.76. The van der Waals surface area contributed by atoms with Crippen molar-refractivity contribution in [2.24, 2.45) is 11.7 Å². The maximum absolute atomic E-state index is 10.3. The van der Waals surface area contributed by atoms with Crippen LogP contribution in [0.5, 0.6) is 0 Å². The van der Waals surface area contributed by atoms with E-state index in [-0.39, 0.29) is 12.5 Å². The molecular weight excluding hydrogens is 146 g/mol. The van der Waals surface area contributed by atoms with E-state index in [0.717, 1.165) is 0 Å². The zero-order valence-corrected chi connectivity index (χ0v) is 6.00. The molecule has 0 aliphatic carbocycles. The summed E-state index contributed by atoms with van der Waals surface area (Å²) in [5.74, 6) is -1.91. The molecular formula is C6H11N3O2. The lowest BCUT2D eigenvalue weighted by Gasteiger charge is -2.07. The minimum Gasteiger partial charge on any atom is -0.481 e. The van der Waals surface area contributed by atoms with Gasteiger partial charge in [0, 0.05) is 6.54 Å². The van der Waals surface area contributed by atoms with Gasteiger partial charge in [-0.25, -0.2) is 0 Å². The van der Waals surface area contributed by atoms with Gasteiger partial charge in [-0.15, -0.1) is 6.58 Å². The maximum Gasteiger partial charge on any atom is 0.312 e. The predicted molar refractivity (Wildman–Crippen MR) is 41.2 cm³/mol. The number of carboxylic acids is 1. The number of carbonyl (C=O) groups is 1.